The Hall–Kier alpha value is -2.52. The number of nitrogens with zero attached hydrogens (tertiary/aromatic N) is 3. The van der Waals surface area contributed by atoms with Crippen molar-refractivity contribution in [3.63, 3.8) is 0 Å². The molecule has 0 spiro atoms. The minimum Gasteiger partial charge on any atom is -0.438 e. The molecule has 0 saturated carbocycles. The maximum Gasteiger partial charge on any atom is 0.225 e. The van der Waals surface area contributed by atoms with Gasteiger partial charge in [-0.1, -0.05) is 13.8 Å². The first-order chi connectivity index (χ1) is 10.4. The van der Waals surface area contributed by atoms with Gasteiger partial charge in [0.25, 0.3) is 0 Å². The molecule has 22 heavy (non-hydrogen) atoms. The van der Waals surface area contributed by atoms with Crippen LogP contribution in [0.2, 0.25) is 0 Å². The normalized spacial score (nSPS) is 18.6. The summed E-state index contributed by atoms with van der Waals surface area (Å²) in [5, 5.41) is 19.2. The quantitative estimate of drug-likeness (QED) is 0.922. The third-order valence-electron chi connectivity index (χ3n) is 3.79. The summed E-state index contributed by atoms with van der Waals surface area (Å²) >= 11 is 0. The van der Waals surface area contributed by atoms with Crippen LogP contribution >= 0.6 is 0 Å². The van der Waals surface area contributed by atoms with Gasteiger partial charge in [0, 0.05) is 17.0 Å². The van der Waals surface area contributed by atoms with Gasteiger partial charge in [-0.2, -0.15) is 5.26 Å². The van der Waals surface area contributed by atoms with Crippen LogP contribution in [0.3, 0.4) is 0 Å². The molecule has 6 heteroatoms. The van der Waals surface area contributed by atoms with Crippen molar-refractivity contribution in [3.05, 3.63) is 47.2 Å². The Balaban J connectivity index is 2.00. The third-order valence-corrected chi connectivity index (χ3v) is 3.79. The smallest absolute Gasteiger partial charge is 0.225 e. The van der Waals surface area contributed by atoms with Crippen molar-refractivity contribution in [2.45, 2.75) is 26.4 Å². The fourth-order valence-corrected chi connectivity index (χ4v) is 2.62. The zero-order chi connectivity index (χ0) is 15.9. The van der Waals surface area contributed by atoms with Gasteiger partial charge in [0.05, 0.1) is 17.3 Å². The topological polar surface area (TPSA) is 79.0 Å². The Kier molecular flexibility index (Phi) is 3.30. The predicted octanol–water partition coefficient (Wildman–Crippen LogP) is 2.90. The van der Waals surface area contributed by atoms with E-state index in [4.69, 9.17) is 10.00 Å². The molecule has 0 radical (unpaired) electrons. The molecule has 1 aromatic carbocycles. The number of aromatic nitrogens is 2. The highest BCUT2D eigenvalue weighted by Crippen LogP contribution is 2.46. The summed E-state index contributed by atoms with van der Waals surface area (Å²) in [4.78, 5) is 8.20. The number of rotatable bonds is 2. The fourth-order valence-electron chi connectivity index (χ4n) is 2.62. The van der Waals surface area contributed by atoms with E-state index >= 15 is 0 Å². The molecule has 1 aliphatic rings. The number of fused-ring (bicyclic) bond motifs is 1. The van der Waals surface area contributed by atoms with Gasteiger partial charge in [-0.15, -0.1) is 0 Å². The minimum absolute atomic E-state index is 0.168. The van der Waals surface area contributed by atoms with Gasteiger partial charge in [-0.25, -0.2) is 14.4 Å². The van der Waals surface area contributed by atoms with E-state index in [0.717, 1.165) is 6.07 Å². The molecule has 1 unspecified atom stereocenters. The maximum atomic E-state index is 13.5. The molecule has 1 aliphatic carbocycles. The first-order valence-electron chi connectivity index (χ1n) is 6.81. The van der Waals surface area contributed by atoms with Crippen LogP contribution in [0.1, 0.15) is 36.8 Å². The van der Waals surface area contributed by atoms with Gasteiger partial charge in [0.2, 0.25) is 5.88 Å². The number of aliphatic hydroxyl groups is 1. The van der Waals surface area contributed by atoms with Crippen LogP contribution in [0.4, 0.5) is 4.39 Å². The summed E-state index contributed by atoms with van der Waals surface area (Å²) in [6, 6.07) is 5.63. The van der Waals surface area contributed by atoms with E-state index in [-0.39, 0.29) is 22.6 Å². The van der Waals surface area contributed by atoms with Gasteiger partial charge < -0.3 is 9.84 Å². The van der Waals surface area contributed by atoms with Crippen molar-refractivity contribution < 1.29 is 14.2 Å². The monoisotopic (exact) mass is 299 g/mol. The van der Waals surface area contributed by atoms with Crippen molar-refractivity contribution >= 4 is 0 Å². The van der Waals surface area contributed by atoms with Gasteiger partial charge in [0.1, 0.15) is 24.0 Å². The molecule has 0 saturated heterocycles. The zero-order valence-electron chi connectivity index (χ0n) is 12.2. The van der Waals surface area contributed by atoms with Crippen LogP contribution in [-0.4, -0.2) is 15.1 Å². The molecule has 3 rings (SSSR count). The highest BCUT2D eigenvalue weighted by Gasteiger charge is 2.41. The molecule has 0 amide bonds. The predicted molar refractivity (Wildman–Crippen MR) is 75.7 cm³/mol. The summed E-state index contributed by atoms with van der Waals surface area (Å²) < 4.78 is 19.1. The van der Waals surface area contributed by atoms with Gasteiger partial charge in [-0.05, 0) is 18.6 Å². The number of aliphatic hydroxyl groups excluding tert-OH is 1. The Morgan fingerprint density at radius 1 is 1.36 bits per heavy atom. The molecule has 112 valence electrons. The van der Waals surface area contributed by atoms with Crippen molar-refractivity contribution in [1.29, 1.82) is 5.26 Å². The lowest BCUT2D eigenvalue weighted by Gasteiger charge is -2.21. The Morgan fingerprint density at radius 2 is 2.14 bits per heavy atom. The summed E-state index contributed by atoms with van der Waals surface area (Å²) in [7, 11) is 0. The summed E-state index contributed by atoms with van der Waals surface area (Å²) in [6.07, 6.45) is 1.17. The second kappa shape index (κ2) is 5.04. The molecule has 1 atom stereocenters. The van der Waals surface area contributed by atoms with Crippen molar-refractivity contribution in [2.24, 2.45) is 5.41 Å². The molecule has 0 aliphatic heterocycles. The number of ether oxygens (including phenoxy) is 1. The molecule has 2 aromatic rings. The largest absolute Gasteiger partial charge is 0.438 e. The van der Waals surface area contributed by atoms with Gasteiger partial charge in [0.15, 0.2) is 0 Å². The van der Waals surface area contributed by atoms with E-state index < -0.39 is 11.9 Å². The highest BCUT2D eigenvalue weighted by atomic mass is 19.1. The van der Waals surface area contributed by atoms with E-state index in [2.05, 4.69) is 9.97 Å². The van der Waals surface area contributed by atoms with E-state index in [9.17, 15) is 9.50 Å². The van der Waals surface area contributed by atoms with Gasteiger partial charge in [-0.3, -0.25) is 0 Å². The Labute approximate surface area is 127 Å². The van der Waals surface area contributed by atoms with Crippen LogP contribution in [-0.2, 0) is 6.42 Å². The zero-order valence-corrected chi connectivity index (χ0v) is 12.2. The highest BCUT2D eigenvalue weighted by molar-refractivity contribution is 5.43. The summed E-state index contributed by atoms with van der Waals surface area (Å²) in [5.74, 6) is -0.0825. The lowest BCUT2D eigenvalue weighted by Crippen LogP contribution is -2.17. The fraction of sp³-hybridized carbons (Fsp3) is 0.312. The average Bonchev–Trinajstić information content (AvgIpc) is 2.70. The van der Waals surface area contributed by atoms with E-state index in [1.165, 1.54) is 18.5 Å². The second-order valence-electron chi connectivity index (χ2n) is 6.00. The number of halogens is 1. The molecular weight excluding hydrogens is 285 g/mol. The van der Waals surface area contributed by atoms with Crippen molar-refractivity contribution in [1.82, 2.24) is 9.97 Å². The lowest BCUT2D eigenvalue weighted by molar-refractivity contribution is 0.0636. The SMILES string of the molecule is CC1(C)Cc2c(Oc3cc(F)cc(C#N)c3)ncnc2C1O. The van der Waals surface area contributed by atoms with Crippen LogP contribution in [0.5, 0.6) is 11.6 Å². The second-order valence-corrected chi connectivity index (χ2v) is 6.00. The average molecular weight is 299 g/mol. The van der Waals surface area contributed by atoms with Gasteiger partial charge >= 0.3 is 0 Å². The van der Waals surface area contributed by atoms with Crippen LogP contribution in [0.15, 0.2) is 24.5 Å². The van der Waals surface area contributed by atoms with E-state index in [1.54, 1.807) is 0 Å². The van der Waals surface area contributed by atoms with Crippen molar-refractivity contribution in [3.8, 4) is 17.7 Å². The molecule has 0 bridgehead atoms. The Morgan fingerprint density at radius 3 is 2.86 bits per heavy atom. The lowest BCUT2D eigenvalue weighted by atomic mass is 9.88. The first kappa shape index (κ1) is 14.4. The van der Waals surface area contributed by atoms with E-state index in [0.29, 0.717) is 17.7 Å². The van der Waals surface area contributed by atoms with Crippen LogP contribution in [0.25, 0.3) is 0 Å². The minimum atomic E-state index is -0.699. The number of nitriles is 1. The first-order valence-corrected chi connectivity index (χ1v) is 6.81. The standard InChI is InChI=1S/C16H14FN3O2/c1-16(2)6-12-13(14(16)21)19-8-20-15(12)22-11-4-9(7-18)3-10(17)5-11/h3-5,8,14,21H,6H2,1-2H3. The Bertz CT molecular complexity index is 783. The molecule has 1 aromatic heterocycles. The van der Waals surface area contributed by atoms with Crippen LogP contribution < -0.4 is 4.74 Å². The molecular formula is C16H14FN3O2. The molecule has 1 heterocycles. The number of benzene rings is 1. The number of hydrogen-bond donors (Lipinski definition) is 1. The third kappa shape index (κ3) is 2.40. The molecule has 1 N–H and O–H groups in total. The van der Waals surface area contributed by atoms with E-state index in [1.807, 2.05) is 19.9 Å². The maximum absolute atomic E-state index is 13.5. The summed E-state index contributed by atoms with van der Waals surface area (Å²) in [6.45, 7) is 3.86. The molecule has 5 nitrogen and oxygen atoms in total. The summed E-state index contributed by atoms with van der Waals surface area (Å²) in [5.41, 5.74) is 1.05. The molecule has 0 fully saturated rings. The van der Waals surface area contributed by atoms with Crippen molar-refractivity contribution in [2.75, 3.05) is 0 Å². The number of hydrogen-bond acceptors (Lipinski definition) is 5. The van der Waals surface area contributed by atoms with Crippen LogP contribution in [0, 0.1) is 22.6 Å².